The molecular formula is C54H63BrF5N9O13S2. The van der Waals surface area contributed by atoms with Gasteiger partial charge in [0.15, 0.2) is 0 Å². The normalized spacial score (nSPS) is 14.2. The molecule has 22 nitrogen and oxygen atoms in total. The van der Waals surface area contributed by atoms with Gasteiger partial charge in [-0.2, -0.15) is 8.78 Å². The van der Waals surface area contributed by atoms with Crippen LogP contribution >= 0.6 is 39.5 Å². The van der Waals surface area contributed by atoms with E-state index in [1.54, 1.807) is 50.3 Å². The van der Waals surface area contributed by atoms with E-state index in [0.717, 1.165) is 40.7 Å². The van der Waals surface area contributed by atoms with E-state index in [4.69, 9.17) is 9.47 Å². The lowest BCUT2D eigenvalue weighted by Crippen LogP contribution is -2.42. The number of nitrogens with zero attached hydrogens (tertiary/aromatic N) is 5. The van der Waals surface area contributed by atoms with E-state index in [1.165, 1.54) is 16.7 Å². The van der Waals surface area contributed by atoms with E-state index in [2.05, 4.69) is 61.6 Å². The van der Waals surface area contributed by atoms with Crippen LogP contribution in [0.2, 0.25) is 0 Å². The number of carbonyl (C=O) groups is 9. The second kappa shape index (κ2) is 33.7. The average molecular weight is 1290 g/mol. The second-order valence-corrected chi connectivity index (χ2v) is 22.5. The van der Waals surface area contributed by atoms with E-state index in [-0.39, 0.29) is 42.7 Å². The first kappa shape index (κ1) is 69.0. The minimum absolute atomic E-state index is 0.0344. The predicted octanol–water partition coefficient (Wildman–Crippen LogP) is 7.07. The van der Waals surface area contributed by atoms with Crippen molar-refractivity contribution in [1.82, 2.24) is 30.9 Å². The van der Waals surface area contributed by atoms with Crippen LogP contribution in [0, 0.1) is 29.1 Å². The number of cyclic esters (lactones) is 2. The maximum atomic E-state index is 13.5. The summed E-state index contributed by atoms with van der Waals surface area (Å²) in [5, 5.41) is 11.2. The Morgan fingerprint density at radius 1 is 0.631 bits per heavy atom. The van der Waals surface area contributed by atoms with Crippen LogP contribution in [0.5, 0.6) is 5.75 Å². The minimum atomic E-state index is -2.37. The van der Waals surface area contributed by atoms with Crippen LogP contribution in [0.3, 0.4) is 0 Å². The molecule has 30 heteroatoms. The number of fused-ring (bicyclic) bond motifs is 3. The molecule has 1 aromatic carbocycles. The third-order valence-electron chi connectivity index (χ3n) is 10.8. The molecule has 456 valence electrons. The second-order valence-electron chi connectivity index (χ2n) is 19.7. The molecule has 0 unspecified atom stereocenters. The standard InChI is InChI=1S/C20H16F5N3O4S.C15H21N3O3.C8H8N2O.C7H14BrNO2.C4H4O3S/c21-14-15(22)17(24)19(18(25)16(14)23)32-13(31)9-33-8-11(29)26-6-7-28-12(30)4-3-10-2-1-5-27-20(10)28;1-15(2,3)21-14(20)17-9-10-18-12(19)7-6-11-5-4-8-16-13(11)18;11-7-4-3-6-2-1-5-9-8(6)10-7;1-7(2,3)11-6(10)9-5-4-8;5-3-1-8-2-4(6)7-3/h1-2,5H,3-4,6-9H2,(H,26,29);4-5,8H,6-7,9-10H2,1-3H3,(H,17,20);1-2,5H,3-4H2,(H,9,10,11);4-5H2,1-3H3,(H,9,10);1-2H2. The van der Waals surface area contributed by atoms with Crippen molar-refractivity contribution in [2.24, 2.45) is 0 Å². The fourth-order valence-corrected chi connectivity index (χ4v) is 8.60. The highest BCUT2D eigenvalue weighted by molar-refractivity contribution is 9.09. The Morgan fingerprint density at radius 3 is 1.56 bits per heavy atom. The zero-order valence-corrected chi connectivity index (χ0v) is 49.9. The zero-order valence-electron chi connectivity index (χ0n) is 46.6. The number of benzene rings is 1. The van der Waals surface area contributed by atoms with E-state index >= 15 is 0 Å². The van der Waals surface area contributed by atoms with Crippen LogP contribution in [-0.2, 0) is 67.0 Å². The Balaban J connectivity index is 0.000000251. The van der Waals surface area contributed by atoms with Crippen molar-refractivity contribution in [3.63, 3.8) is 0 Å². The fraction of sp³-hybridized carbons (Fsp3) is 0.444. The highest BCUT2D eigenvalue weighted by Gasteiger charge is 2.30. The van der Waals surface area contributed by atoms with Crippen molar-refractivity contribution in [1.29, 1.82) is 0 Å². The lowest BCUT2D eigenvalue weighted by atomic mass is 10.1. The lowest BCUT2D eigenvalue weighted by molar-refractivity contribution is -0.156. The smallest absolute Gasteiger partial charge is 0.407 e. The molecule has 0 bridgehead atoms. The summed E-state index contributed by atoms with van der Waals surface area (Å²) in [4.78, 5) is 117. The molecule has 0 atom stereocenters. The number of hydrogen-bond acceptors (Lipinski definition) is 18. The zero-order chi connectivity index (χ0) is 62.1. The van der Waals surface area contributed by atoms with Gasteiger partial charge in [-0.05, 0) is 95.7 Å². The number of nitrogens with one attached hydrogen (secondary N) is 4. The number of amides is 6. The van der Waals surface area contributed by atoms with Gasteiger partial charge in [-0.1, -0.05) is 34.1 Å². The molecule has 0 aliphatic carbocycles. The topological polar surface area (TPSA) is 284 Å². The van der Waals surface area contributed by atoms with Gasteiger partial charge in [0.25, 0.3) is 0 Å². The van der Waals surface area contributed by atoms with Gasteiger partial charge in [-0.15, -0.1) is 23.5 Å². The number of halogens is 6. The molecule has 6 amide bonds. The number of ether oxygens (including phenoxy) is 4. The Morgan fingerprint density at radius 2 is 1.08 bits per heavy atom. The molecule has 4 N–H and O–H groups in total. The van der Waals surface area contributed by atoms with Crippen molar-refractivity contribution >= 4 is 111 Å². The van der Waals surface area contributed by atoms with Crippen LogP contribution in [-0.4, -0.2) is 141 Å². The van der Waals surface area contributed by atoms with Gasteiger partial charge in [0.05, 0.1) is 23.0 Å². The van der Waals surface area contributed by atoms with Gasteiger partial charge in [-0.3, -0.25) is 43.4 Å². The third-order valence-corrected chi connectivity index (χ3v) is 12.9. The summed E-state index contributed by atoms with van der Waals surface area (Å²) in [5.41, 5.74) is 2.18. The van der Waals surface area contributed by atoms with Gasteiger partial charge in [0.1, 0.15) is 28.7 Å². The van der Waals surface area contributed by atoms with Gasteiger partial charge in [-0.25, -0.2) is 37.7 Å². The number of aryl methyl sites for hydroxylation is 3. The van der Waals surface area contributed by atoms with Crippen LogP contribution in [0.25, 0.3) is 0 Å². The first-order valence-corrected chi connectivity index (χ1v) is 29.2. The van der Waals surface area contributed by atoms with E-state index in [9.17, 15) is 65.1 Å². The van der Waals surface area contributed by atoms with E-state index in [1.807, 2.05) is 51.1 Å². The number of alkyl carbamates (subject to hydrolysis) is 2. The first-order chi connectivity index (χ1) is 39.7. The summed E-state index contributed by atoms with van der Waals surface area (Å²) in [6.07, 6.45) is 7.58. The predicted molar refractivity (Wildman–Crippen MR) is 304 cm³/mol. The summed E-state index contributed by atoms with van der Waals surface area (Å²) in [6, 6.07) is 11.3. The average Bonchev–Trinajstić information content (AvgIpc) is 2.86. The van der Waals surface area contributed by atoms with Gasteiger partial charge in [0, 0.05) is 75.9 Å². The molecule has 4 aromatic rings. The molecule has 4 aliphatic heterocycles. The molecule has 0 saturated carbocycles. The number of carbonyl (C=O) groups excluding carboxylic acids is 9. The van der Waals surface area contributed by atoms with Gasteiger partial charge >= 0.3 is 30.1 Å². The van der Waals surface area contributed by atoms with Crippen molar-refractivity contribution in [3.05, 3.63) is 101 Å². The molecule has 0 radical (unpaired) electrons. The molecule has 4 aliphatic rings. The first-order valence-electron chi connectivity index (χ1n) is 25.8. The molecule has 0 spiro atoms. The quantitative estimate of drug-likeness (QED) is 0.0152. The number of thioether (sulfide) groups is 2. The molecule has 1 saturated heterocycles. The van der Waals surface area contributed by atoms with Crippen LogP contribution in [0.15, 0.2) is 55.0 Å². The van der Waals surface area contributed by atoms with E-state index in [0.29, 0.717) is 80.2 Å². The Kier molecular flexibility index (Phi) is 27.7. The lowest BCUT2D eigenvalue weighted by Gasteiger charge is -2.28. The van der Waals surface area contributed by atoms with Crippen LogP contribution < -0.4 is 35.8 Å². The fourth-order valence-electron chi connectivity index (χ4n) is 7.24. The molecule has 3 aromatic heterocycles. The number of aromatic nitrogens is 3. The summed E-state index contributed by atoms with van der Waals surface area (Å²) in [6.45, 7) is 12.5. The van der Waals surface area contributed by atoms with Gasteiger partial charge in [0.2, 0.25) is 58.5 Å². The number of rotatable bonds is 13. The SMILES string of the molecule is CC(C)(C)OC(=O)NCCBr.CC(C)(C)OC(=O)NCCN1C(=O)CCc2cccnc21.O=C(CSCC(=O)Oc1c(F)c(F)c(F)c(F)c1F)NCCN1C(=O)CCc2cccnc21.O=C1CCc2cccnc2N1.O=C1CSCC(=O)O1. The van der Waals surface area contributed by atoms with Crippen molar-refractivity contribution < 1.29 is 84.1 Å². The highest BCUT2D eigenvalue weighted by atomic mass is 79.9. The summed E-state index contributed by atoms with van der Waals surface area (Å²) in [7, 11) is 0. The summed E-state index contributed by atoms with van der Waals surface area (Å²) < 4.78 is 84.9. The largest absolute Gasteiger partial charge is 0.444 e. The van der Waals surface area contributed by atoms with Crippen LogP contribution in [0.4, 0.5) is 49.0 Å². The molecule has 7 heterocycles. The Bertz CT molecular complexity index is 2970. The van der Waals surface area contributed by atoms with Crippen molar-refractivity contribution in [2.75, 3.05) is 76.2 Å². The molecule has 84 heavy (non-hydrogen) atoms. The number of hydrogen-bond donors (Lipinski definition) is 4. The Hall–Kier alpha value is -7.47. The maximum absolute atomic E-state index is 13.5. The molecule has 8 rings (SSSR count). The third kappa shape index (κ3) is 23.7. The van der Waals surface area contributed by atoms with Gasteiger partial charge < -0.3 is 40.2 Å². The summed E-state index contributed by atoms with van der Waals surface area (Å²) in [5.74, 6) is -14.1. The van der Waals surface area contributed by atoms with Crippen molar-refractivity contribution in [3.8, 4) is 5.75 Å². The molecule has 1 fully saturated rings. The minimum Gasteiger partial charge on any atom is -0.444 e. The van der Waals surface area contributed by atoms with Crippen LogP contribution in [0.1, 0.15) is 77.5 Å². The number of pyridine rings is 3. The monoisotopic (exact) mass is 1280 g/mol. The molecular weight excluding hydrogens is 1220 g/mol. The number of alkyl halides is 1. The summed E-state index contributed by atoms with van der Waals surface area (Å²) >= 11 is 5.18. The Labute approximate surface area is 497 Å². The van der Waals surface area contributed by atoms with E-state index < -0.39 is 81.7 Å². The maximum Gasteiger partial charge on any atom is 0.407 e. The number of esters is 3. The van der Waals surface area contributed by atoms with Crippen molar-refractivity contribution in [2.45, 2.75) is 91.3 Å². The highest BCUT2D eigenvalue weighted by Crippen LogP contribution is 2.30. The number of anilines is 3.